The van der Waals surface area contributed by atoms with Crippen molar-refractivity contribution in [2.75, 3.05) is 21.3 Å². The maximum atomic E-state index is 11.9. The molecule has 96 valence electrons. The van der Waals surface area contributed by atoms with Crippen molar-refractivity contribution in [1.29, 1.82) is 0 Å². The van der Waals surface area contributed by atoms with Gasteiger partial charge in [-0.3, -0.25) is 4.79 Å². The van der Waals surface area contributed by atoms with Crippen molar-refractivity contribution in [3.8, 4) is 11.5 Å². The van der Waals surface area contributed by atoms with Gasteiger partial charge in [0.1, 0.15) is 5.82 Å². The Morgan fingerprint density at radius 3 is 2.56 bits per heavy atom. The summed E-state index contributed by atoms with van der Waals surface area (Å²) in [6, 6.07) is 3.33. The molecule has 1 aromatic heterocycles. The van der Waals surface area contributed by atoms with Gasteiger partial charge in [-0.25, -0.2) is 4.98 Å². The van der Waals surface area contributed by atoms with Gasteiger partial charge in [-0.05, 0) is 13.1 Å². The predicted molar refractivity (Wildman–Crippen MR) is 68.2 cm³/mol. The third-order valence-electron chi connectivity index (χ3n) is 2.60. The van der Waals surface area contributed by atoms with E-state index in [0.29, 0.717) is 34.8 Å². The fraction of sp³-hybridized carbons (Fsp3) is 0.333. The van der Waals surface area contributed by atoms with Crippen molar-refractivity contribution in [1.82, 2.24) is 15.3 Å². The monoisotopic (exact) mass is 249 g/mol. The van der Waals surface area contributed by atoms with Gasteiger partial charge in [-0.2, -0.15) is 0 Å². The van der Waals surface area contributed by atoms with Gasteiger partial charge in [0.2, 0.25) is 0 Å². The smallest absolute Gasteiger partial charge is 0.258 e. The fourth-order valence-corrected chi connectivity index (χ4v) is 1.77. The first-order valence-electron chi connectivity index (χ1n) is 5.49. The van der Waals surface area contributed by atoms with E-state index in [9.17, 15) is 4.79 Å². The molecular formula is C12H15N3O3. The van der Waals surface area contributed by atoms with Crippen LogP contribution in [0.2, 0.25) is 0 Å². The molecule has 1 aromatic carbocycles. The molecule has 0 aliphatic heterocycles. The minimum absolute atomic E-state index is 0.189. The third kappa shape index (κ3) is 2.14. The number of aromatic amines is 1. The molecule has 1 heterocycles. The molecule has 0 aliphatic rings. The lowest BCUT2D eigenvalue weighted by molar-refractivity contribution is 0.355. The van der Waals surface area contributed by atoms with E-state index in [1.807, 2.05) is 0 Å². The second kappa shape index (κ2) is 5.05. The Bertz CT molecular complexity index is 622. The maximum Gasteiger partial charge on any atom is 0.258 e. The van der Waals surface area contributed by atoms with Gasteiger partial charge in [-0.1, -0.05) is 0 Å². The second-order valence-corrected chi connectivity index (χ2v) is 3.77. The Hall–Kier alpha value is -2.08. The third-order valence-corrected chi connectivity index (χ3v) is 2.60. The second-order valence-electron chi connectivity index (χ2n) is 3.77. The van der Waals surface area contributed by atoms with Crippen molar-refractivity contribution < 1.29 is 9.47 Å². The Morgan fingerprint density at radius 2 is 1.94 bits per heavy atom. The number of benzene rings is 1. The van der Waals surface area contributed by atoms with E-state index >= 15 is 0 Å². The SMILES string of the molecule is CNCc1nc2cc(OC)c(OC)cc2c(=O)[nH]1. The van der Waals surface area contributed by atoms with E-state index < -0.39 is 0 Å². The van der Waals surface area contributed by atoms with Gasteiger partial charge in [0, 0.05) is 6.07 Å². The highest BCUT2D eigenvalue weighted by atomic mass is 16.5. The van der Waals surface area contributed by atoms with Crippen molar-refractivity contribution in [2.45, 2.75) is 6.54 Å². The van der Waals surface area contributed by atoms with Crippen LogP contribution in [0.25, 0.3) is 10.9 Å². The topological polar surface area (TPSA) is 76.2 Å². The van der Waals surface area contributed by atoms with Crippen molar-refractivity contribution in [3.63, 3.8) is 0 Å². The van der Waals surface area contributed by atoms with Crippen molar-refractivity contribution in [2.24, 2.45) is 0 Å². The number of hydrogen-bond donors (Lipinski definition) is 2. The van der Waals surface area contributed by atoms with Crippen molar-refractivity contribution in [3.05, 3.63) is 28.3 Å². The van der Waals surface area contributed by atoms with Crippen LogP contribution in [0.5, 0.6) is 11.5 Å². The van der Waals surface area contributed by atoms with Gasteiger partial charge >= 0.3 is 0 Å². The molecule has 0 spiro atoms. The van der Waals surface area contributed by atoms with E-state index in [2.05, 4.69) is 15.3 Å². The molecule has 0 atom stereocenters. The number of H-pyrrole nitrogens is 1. The maximum absolute atomic E-state index is 11.9. The molecule has 2 aromatic rings. The van der Waals surface area contributed by atoms with Gasteiger partial charge < -0.3 is 19.8 Å². The molecule has 2 N–H and O–H groups in total. The highest BCUT2D eigenvalue weighted by Crippen LogP contribution is 2.29. The van der Waals surface area contributed by atoms with E-state index in [-0.39, 0.29) is 5.56 Å². The first-order valence-corrected chi connectivity index (χ1v) is 5.49. The molecule has 0 saturated heterocycles. The van der Waals surface area contributed by atoms with Gasteiger partial charge in [0.25, 0.3) is 5.56 Å². The summed E-state index contributed by atoms with van der Waals surface area (Å²) < 4.78 is 10.4. The zero-order chi connectivity index (χ0) is 13.1. The van der Waals surface area contributed by atoms with Crippen LogP contribution in [0.3, 0.4) is 0 Å². The number of methoxy groups -OCH3 is 2. The molecule has 0 amide bonds. The Labute approximate surface area is 104 Å². The highest BCUT2D eigenvalue weighted by molar-refractivity contribution is 5.81. The number of aromatic nitrogens is 2. The summed E-state index contributed by atoms with van der Waals surface area (Å²) in [5, 5.41) is 3.42. The van der Waals surface area contributed by atoms with Crippen LogP contribution < -0.4 is 20.3 Å². The summed E-state index contributed by atoms with van der Waals surface area (Å²) >= 11 is 0. The summed E-state index contributed by atoms with van der Waals surface area (Å²) in [7, 11) is 4.87. The molecule has 0 saturated carbocycles. The fourth-order valence-electron chi connectivity index (χ4n) is 1.77. The largest absolute Gasteiger partial charge is 0.493 e. The van der Waals surface area contributed by atoms with E-state index in [4.69, 9.17) is 9.47 Å². The van der Waals surface area contributed by atoms with E-state index in [1.54, 1.807) is 26.3 Å². The molecule has 0 radical (unpaired) electrons. The number of rotatable bonds is 4. The Balaban J connectivity index is 2.68. The molecule has 0 unspecified atom stereocenters. The van der Waals surface area contributed by atoms with Crippen LogP contribution in [0.4, 0.5) is 0 Å². The number of fused-ring (bicyclic) bond motifs is 1. The average Bonchev–Trinajstić information content (AvgIpc) is 2.37. The highest BCUT2D eigenvalue weighted by Gasteiger charge is 2.10. The number of nitrogens with zero attached hydrogens (tertiary/aromatic N) is 1. The molecule has 0 bridgehead atoms. The first-order chi connectivity index (χ1) is 8.69. The number of ether oxygens (including phenoxy) is 2. The van der Waals surface area contributed by atoms with Crippen LogP contribution >= 0.6 is 0 Å². The summed E-state index contributed by atoms with van der Waals surface area (Å²) in [6.07, 6.45) is 0. The standard InChI is InChI=1S/C12H15N3O3/c1-13-6-11-14-8-5-10(18-3)9(17-2)4-7(8)12(16)15-11/h4-5,13H,6H2,1-3H3,(H,14,15,16). The zero-order valence-corrected chi connectivity index (χ0v) is 10.5. The molecule has 0 aliphatic carbocycles. The molecule has 0 fully saturated rings. The normalized spacial score (nSPS) is 10.6. The Morgan fingerprint density at radius 1 is 1.28 bits per heavy atom. The van der Waals surface area contributed by atoms with Crippen molar-refractivity contribution >= 4 is 10.9 Å². The first kappa shape index (κ1) is 12.4. The predicted octanol–water partition coefficient (Wildman–Crippen LogP) is 0.660. The van der Waals surface area contributed by atoms with Crippen LogP contribution in [0, 0.1) is 0 Å². The van der Waals surface area contributed by atoms with Crippen LogP contribution in [0.15, 0.2) is 16.9 Å². The molecule has 18 heavy (non-hydrogen) atoms. The lowest BCUT2D eigenvalue weighted by atomic mass is 10.2. The van der Waals surface area contributed by atoms with Gasteiger partial charge in [-0.15, -0.1) is 0 Å². The lowest BCUT2D eigenvalue weighted by Gasteiger charge is -2.09. The summed E-state index contributed by atoms with van der Waals surface area (Å²) in [5.74, 6) is 1.65. The lowest BCUT2D eigenvalue weighted by Crippen LogP contribution is -2.16. The molecule has 6 nitrogen and oxygen atoms in total. The van der Waals surface area contributed by atoms with Crippen LogP contribution in [-0.4, -0.2) is 31.2 Å². The van der Waals surface area contributed by atoms with Gasteiger partial charge in [0.15, 0.2) is 11.5 Å². The minimum atomic E-state index is -0.189. The minimum Gasteiger partial charge on any atom is -0.493 e. The average molecular weight is 249 g/mol. The molecule has 2 rings (SSSR count). The van der Waals surface area contributed by atoms with Crippen LogP contribution in [0.1, 0.15) is 5.82 Å². The number of hydrogen-bond acceptors (Lipinski definition) is 5. The quantitative estimate of drug-likeness (QED) is 0.832. The van der Waals surface area contributed by atoms with E-state index in [0.717, 1.165) is 0 Å². The molecular weight excluding hydrogens is 234 g/mol. The summed E-state index contributed by atoms with van der Waals surface area (Å²) in [4.78, 5) is 19.0. The van der Waals surface area contributed by atoms with Gasteiger partial charge in [0.05, 0.1) is 31.7 Å². The van der Waals surface area contributed by atoms with Crippen LogP contribution in [-0.2, 0) is 6.54 Å². The summed E-state index contributed by atoms with van der Waals surface area (Å²) in [5.41, 5.74) is 0.396. The Kier molecular flexibility index (Phi) is 3.47. The zero-order valence-electron chi connectivity index (χ0n) is 10.5. The number of nitrogens with one attached hydrogen (secondary N) is 2. The molecule has 6 heteroatoms. The summed E-state index contributed by atoms with van der Waals surface area (Å²) in [6.45, 7) is 0.500. The van der Waals surface area contributed by atoms with E-state index in [1.165, 1.54) is 7.11 Å².